The van der Waals surface area contributed by atoms with E-state index in [1.165, 1.54) is 0 Å². The third-order valence-electron chi connectivity index (χ3n) is 4.68. The van der Waals surface area contributed by atoms with Crippen molar-refractivity contribution in [3.8, 4) is 11.5 Å². The van der Waals surface area contributed by atoms with Gasteiger partial charge in [-0.05, 0) is 45.9 Å². The summed E-state index contributed by atoms with van der Waals surface area (Å²) in [6.07, 6.45) is 0. The standard InChI is InChI=1S/2C12H18O.2C2H6N.V/c2*1-8(2)10-6-5-7-11(9(3)4)12(10)13;2*1-3-2;/h2*5-9,13H,1-4H3;2*1-2H3;/q;;2*-1;+2. The number of nitrogens with zero attached hydrogens (tertiary/aromatic N) is 2. The SMILES string of the molecule is CC(C)c1cccc(C(C)C)c1O.CC(C)c1cccc(C(C)C)c1O.C[N-]C.C[N-]C.[V+2]. The van der Waals surface area contributed by atoms with Crippen LogP contribution in [0.4, 0.5) is 0 Å². The quantitative estimate of drug-likeness (QED) is 0.446. The molecule has 2 aromatic carbocycles. The summed E-state index contributed by atoms with van der Waals surface area (Å²) in [6.45, 7) is 16.8. The van der Waals surface area contributed by atoms with Gasteiger partial charge in [-0.15, -0.1) is 0 Å². The van der Waals surface area contributed by atoms with Gasteiger partial charge >= 0.3 is 18.6 Å². The molecule has 0 aliphatic carbocycles. The Morgan fingerprint density at radius 3 is 0.758 bits per heavy atom. The minimum atomic E-state index is 0. The zero-order valence-corrected chi connectivity index (χ0v) is 24.4. The Morgan fingerprint density at radius 2 is 0.636 bits per heavy atom. The van der Waals surface area contributed by atoms with E-state index in [0.29, 0.717) is 35.2 Å². The largest absolute Gasteiger partial charge is 2.00 e. The Kier molecular flexibility index (Phi) is 21.9. The average Bonchev–Trinajstić information content (AvgIpc) is 2.69. The topological polar surface area (TPSA) is 68.7 Å². The van der Waals surface area contributed by atoms with E-state index >= 15 is 0 Å². The maximum atomic E-state index is 9.93. The maximum absolute atomic E-state index is 9.93. The molecule has 0 spiro atoms. The summed E-state index contributed by atoms with van der Waals surface area (Å²) in [6, 6.07) is 12.0. The van der Waals surface area contributed by atoms with E-state index in [2.05, 4.69) is 66.0 Å². The molecule has 0 fully saturated rings. The molecule has 0 amide bonds. The molecule has 0 heterocycles. The van der Waals surface area contributed by atoms with Crippen LogP contribution in [-0.4, -0.2) is 38.4 Å². The molecule has 0 unspecified atom stereocenters. The molecule has 5 heteroatoms. The number of para-hydroxylation sites is 2. The summed E-state index contributed by atoms with van der Waals surface area (Å²) in [5, 5.41) is 26.9. The van der Waals surface area contributed by atoms with Crippen LogP contribution < -0.4 is 0 Å². The van der Waals surface area contributed by atoms with Crippen LogP contribution in [0.1, 0.15) is 101 Å². The second-order valence-electron chi connectivity index (χ2n) is 9.08. The predicted molar refractivity (Wildman–Crippen MR) is 143 cm³/mol. The summed E-state index contributed by atoms with van der Waals surface area (Å²) in [5.41, 5.74) is 4.19. The predicted octanol–water partition coefficient (Wildman–Crippen LogP) is 8.51. The van der Waals surface area contributed by atoms with Crippen LogP contribution in [0.25, 0.3) is 10.6 Å². The normalized spacial score (nSPS) is 9.94. The molecule has 0 atom stereocenters. The first kappa shape index (κ1) is 36.1. The van der Waals surface area contributed by atoms with E-state index in [4.69, 9.17) is 0 Å². The van der Waals surface area contributed by atoms with E-state index in [9.17, 15) is 10.2 Å². The summed E-state index contributed by atoms with van der Waals surface area (Å²) < 4.78 is 0. The number of hydrogen-bond donors (Lipinski definition) is 2. The molecule has 0 saturated heterocycles. The zero-order valence-electron chi connectivity index (χ0n) is 23.0. The Hall–Kier alpha value is -1.46. The third-order valence-corrected chi connectivity index (χ3v) is 4.68. The minimum Gasteiger partial charge on any atom is -0.668 e. The first-order valence-corrected chi connectivity index (χ1v) is 11.5. The number of hydrogen-bond acceptors (Lipinski definition) is 2. The molecule has 0 aliphatic heterocycles. The van der Waals surface area contributed by atoms with Crippen molar-refractivity contribution in [2.45, 2.75) is 79.1 Å². The van der Waals surface area contributed by atoms with Crippen LogP contribution in [0, 0.1) is 0 Å². The monoisotopic (exact) mass is 495 g/mol. The van der Waals surface area contributed by atoms with Crippen molar-refractivity contribution in [2.75, 3.05) is 28.2 Å². The zero-order chi connectivity index (χ0) is 25.4. The van der Waals surface area contributed by atoms with Gasteiger partial charge in [0.25, 0.3) is 0 Å². The molecular weight excluding hydrogens is 447 g/mol. The summed E-state index contributed by atoms with van der Waals surface area (Å²) in [4.78, 5) is 0. The van der Waals surface area contributed by atoms with Crippen LogP contribution >= 0.6 is 0 Å². The van der Waals surface area contributed by atoms with Gasteiger partial charge < -0.3 is 20.8 Å². The van der Waals surface area contributed by atoms with Gasteiger partial charge in [0.2, 0.25) is 0 Å². The summed E-state index contributed by atoms with van der Waals surface area (Å²) in [5.74, 6) is 2.51. The van der Waals surface area contributed by atoms with Crippen LogP contribution in [0.2, 0.25) is 0 Å². The number of phenols is 2. The Morgan fingerprint density at radius 1 is 0.485 bits per heavy atom. The van der Waals surface area contributed by atoms with Crippen molar-refractivity contribution >= 4 is 0 Å². The van der Waals surface area contributed by atoms with Gasteiger partial charge in [-0.25, -0.2) is 0 Å². The number of phenolic OH excluding ortho intramolecular Hbond substituents is 2. The molecule has 33 heavy (non-hydrogen) atoms. The van der Waals surface area contributed by atoms with Crippen LogP contribution in [-0.2, 0) is 18.6 Å². The maximum Gasteiger partial charge on any atom is 2.00 e. The van der Waals surface area contributed by atoms with Gasteiger partial charge in [-0.2, -0.15) is 28.2 Å². The second-order valence-corrected chi connectivity index (χ2v) is 9.08. The first-order valence-electron chi connectivity index (χ1n) is 11.5. The molecule has 187 valence electrons. The second kappa shape index (κ2) is 20.0. The molecule has 0 aromatic heterocycles. The Labute approximate surface area is 216 Å². The van der Waals surface area contributed by atoms with E-state index in [1.807, 2.05) is 36.4 Å². The summed E-state index contributed by atoms with van der Waals surface area (Å²) in [7, 11) is 7.00. The third kappa shape index (κ3) is 13.7. The van der Waals surface area contributed by atoms with Crippen LogP contribution in [0.3, 0.4) is 0 Å². The van der Waals surface area contributed by atoms with Gasteiger partial charge in [0, 0.05) is 0 Å². The smallest absolute Gasteiger partial charge is 0.668 e. The van der Waals surface area contributed by atoms with Gasteiger partial charge in [0.15, 0.2) is 0 Å². The van der Waals surface area contributed by atoms with Gasteiger partial charge in [0.1, 0.15) is 11.5 Å². The average molecular weight is 496 g/mol. The Bertz CT molecular complexity index is 629. The summed E-state index contributed by atoms with van der Waals surface area (Å²) >= 11 is 0. The fraction of sp³-hybridized carbons (Fsp3) is 0.571. The van der Waals surface area contributed by atoms with Gasteiger partial charge in [0.05, 0.1) is 0 Å². The van der Waals surface area contributed by atoms with Crippen molar-refractivity contribution in [3.05, 3.63) is 69.3 Å². The Balaban J connectivity index is -0.000000430. The fourth-order valence-electron chi connectivity index (χ4n) is 3.02. The molecule has 1 radical (unpaired) electrons. The number of rotatable bonds is 4. The van der Waals surface area contributed by atoms with Crippen molar-refractivity contribution in [1.29, 1.82) is 0 Å². The van der Waals surface area contributed by atoms with Crippen LogP contribution in [0.5, 0.6) is 11.5 Å². The molecule has 0 aliphatic rings. The van der Waals surface area contributed by atoms with Crippen molar-refractivity contribution in [1.82, 2.24) is 0 Å². The van der Waals surface area contributed by atoms with Crippen molar-refractivity contribution < 1.29 is 28.8 Å². The molecule has 2 rings (SSSR count). The van der Waals surface area contributed by atoms with E-state index < -0.39 is 0 Å². The van der Waals surface area contributed by atoms with E-state index in [-0.39, 0.29) is 18.6 Å². The number of benzene rings is 2. The fourth-order valence-corrected chi connectivity index (χ4v) is 3.02. The molecule has 2 N–H and O–H groups in total. The van der Waals surface area contributed by atoms with Crippen molar-refractivity contribution in [3.63, 3.8) is 0 Å². The molecule has 0 bridgehead atoms. The van der Waals surface area contributed by atoms with E-state index in [0.717, 1.165) is 22.3 Å². The molecular formula is C28H48N2O2V. The van der Waals surface area contributed by atoms with E-state index in [1.54, 1.807) is 28.2 Å². The minimum absolute atomic E-state index is 0. The van der Waals surface area contributed by atoms with Crippen LogP contribution in [0.15, 0.2) is 36.4 Å². The van der Waals surface area contributed by atoms with Crippen molar-refractivity contribution in [2.24, 2.45) is 0 Å². The molecule has 2 aromatic rings. The number of aromatic hydroxyl groups is 2. The molecule has 4 nitrogen and oxygen atoms in total. The van der Waals surface area contributed by atoms with Gasteiger partial charge in [-0.1, -0.05) is 91.8 Å². The molecule has 0 saturated carbocycles. The van der Waals surface area contributed by atoms with Gasteiger partial charge in [-0.3, -0.25) is 0 Å². The first-order chi connectivity index (χ1) is 14.9.